The Hall–Kier alpha value is -1.82. The first-order valence-corrected chi connectivity index (χ1v) is 9.00. The average molecular weight is 330 g/mol. The van der Waals surface area contributed by atoms with Crippen LogP contribution in [0.15, 0.2) is 24.4 Å². The molecular formula is C17H22N4OS. The van der Waals surface area contributed by atoms with Crippen molar-refractivity contribution in [3.8, 4) is 5.82 Å². The van der Waals surface area contributed by atoms with Crippen LogP contribution in [0, 0.1) is 13.8 Å². The SMILES string of the molecule is Cc1cc(C)n(-c2ccc(C(=O)N3CCSC(C)CC3)cn2)n1. The first-order chi connectivity index (χ1) is 11.0. The summed E-state index contributed by atoms with van der Waals surface area (Å²) < 4.78 is 1.80. The topological polar surface area (TPSA) is 51.0 Å². The number of aryl methyl sites for hydroxylation is 2. The van der Waals surface area contributed by atoms with Gasteiger partial charge in [-0.25, -0.2) is 9.67 Å². The van der Waals surface area contributed by atoms with Gasteiger partial charge in [-0.2, -0.15) is 16.9 Å². The number of aromatic nitrogens is 3. The molecule has 0 bridgehead atoms. The molecule has 2 aromatic rings. The molecular weight excluding hydrogens is 308 g/mol. The lowest BCUT2D eigenvalue weighted by molar-refractivity contribution is 0.0766. The third-order valence-electron chi connectivity index (χ3n) is 4.08. The van der Waals surface area contributed by atoms with E-state index in [2.05, 4.69) is 17.0 Å². The average Bonchev–Trinajstić information content (AvgIpc) is 2.74. The summed E-state index contributed by atoms with van der Waals surface area (Å²) in [7, 11) is 0. The van der Waals surface area contributed by atoms with Crippen molar-refractivity contribution in [1.82, 2.24) is 19.7 Å². The second kappa shape index (κ2) is 6.74. The van der Waals surface area contributed by atoms with Crippen LogP contribution in [0.3, 0.4) is 0 Å². The van der Waals surface area contributed by atoms with E-state index in [1.807, 2.05) is 48.7 Å². The van der Waals surface area contributed by atoms with E-state index < -0.39 is 0 Å². The molecule has 122 valence electrons. The van der Waals surface area contributed by atoms with Crippen LogP contribution >= 0.6 is 11.8 Å². The number of pyridine rings is 1. The molecule has 0 radical (unpaired) electrons. The second-order valence-electron chi connectivity index (χ2n) is 6.01. The van der Waals surface area contributed by atoms with E-state index in [-0.39, 0.29) is 5.91 Å². The summed E-state index contributed by atoms with van der Waals surface area (Å²) >= 11 is 1.94. The Morgan fingerprint density at radius 3 is 2.78 bits per heavy atom. The Morgan fingerprint density at radius 2 is 2.13 bits per heavy atom. The lowest BCUT2D eigenvalue weighted by Gasteiger charge is -2.20. The van der Waals surface area contributed by atoms with Gasteiger partial charge < -0.3 is 4.90 Å². The molecule has 3 heterocycles. The van der Waals surface area contributed by atoms with Crippen LogP contribution in [0.25, 0.3) is 5.82 Å². The number of amides is 1. The van der Waals surface area contributed by atoms with Gasteiger partial charge in [0.1, 0.15) is 0 Å². The van der Waals surface area contributed by atoms with E-state index in [1.165, 1.54) is 0 Å². The van der Waals surface area contributed by atoms with E-state index in [0.717, 1.165) is 42.5 Å². The van der Waals surface area contributed by atoms with Crippen molar-refractivity contribution in [3.05, 3.63) is 41.3 Å². The van der Waals surface area contributed by atoms with Crippen LogP contribution in [0.2, 0.25) is 0 Å². The van der Waals surface area contributed by atoms with Crippen LogP contribution in [-0.2, 0) is 0 Å². The largest absolute Gasteiger partial charge is 0.338 e. The summed E-state index contributed by atoms with van der Waals surface area (Å²) in [4.78, 5) is 19.0. The molecule has 1 amide bonds. The highest BCUT2D eigenvalue weighted by Crippen LogP contribution is 2.20. The molecule has 0 N–H and O–H groups in total. The molecule has 6 heteroatoms. The van der Waals surface area contributed by atoms with Gasteiger partial charge in [0.05, 0.1) is 11.3 Å². The fraction of sp³-hybridized carbons (Fsp3) is 0.471. The van der Waals surface area contributed by atoms with Gasteiger partial charge >= 0.3 is 0 Å². The van der Waals surface area contributed by atoms with Crippen molar-refractivity contribution in [3.63, 3.8) is 0 Å². The number of thioether (sulfide) groups is 1. The second-order valence-corrected chi connectivity index (χ2v) is 7.55. The summed E-state index contributed by atoms with van der Waals surface area (Å²) in [6.45, 7) is 7.82. The lowest BCUT2D eigenvalue weighted by atomic mass is 10.2. The highest BCUT2D eigenvalue weighted by molar-refractivity contribution is 7.99. The van der Waals surface area contributed by atoms with Gasteiger partial charge in [-0.1, -0.05) is 6.92 Å². The quantitative estimate of drug-likeness (QED) is 0.849. The Bertz CT molecular complexity index is 695. The van der Waals surface area contributed by atoms with Crippen molar-refractivity contribution in [2.24, 2.45) is 0 Å². The van der Waals surface area contributed by atoms with Crippen molar-refractivity contribution in [1.29, 1.82) is 0 Å². The number of carbonyl (C=O) groups excluding carboxylic acids is 1. The Labute approximate surface area is 141 Å². The Morgan fingerprint density at radius 1 is 1.30 bits per heavy atom. The molecule has 0 aromatic carbocycles. The van der Waals surface area contributed by atoms with Crippen molar-refractivity contribution in [2.75, 3.05) is 18.8 Å². The van der Waals surface area contributed by atoms with E-state index in [9.17, 15) is 4.79 Å². The summed E-state index contributed by atoms with van der Waals surface area (Å²) in [6, 6.07) is 5.72. The van der Waals surface area contributed by atoms with Crippen molar-refractivity contribution in [2.45, 2.75) is 32.4 Å². The van der Waals surface area contributed by atoms with Crippen LogP contribution < -0.4 is 0 Å². The maximum absolute atomic E-state index is 12.6. The van der Waals surface area contributed by atoms with Gasteiger partial charge in [0.2, 0.25) is 0 Å². The molecule has 1 aliphatic heterocycles. The van der Waals surface area contributed by atoms with E-state index in [0.29, 0.717) is 10.8 Å². The van der Waals surface area contributed by atoms with Gasteiger partial charge in [0.25, 0.3) is 5.91 Å². The molecule has 1 atom stereocenters. The van der Waals surface area contributed by atoms with Crippen LogP contribution in [0.5, 0.6) is 0 Å². The molecule has 3 rings (SSSR count). The Kier molecular flexibility index (Phi) is 4.71. The number of hydrogen-bond acceptors (Lipinski definition) is 4. The molecule has 1 fully saturated rings. The maximum Gasteiger partial charge on any atom is 0.255 e. The predicted octanol–water partition coefficient (Wildman–Crippen LogP) is 2.85. The minimum absolute atomic E-state index is 0.0760. The standard InChI is InChI=1S/C17H22N4OS/c1-12-10-13(2)21(19-12)16-5-4-15(11-18-16)17(22)20-7-6-14(3)23-9-8-20/h4-5,10-11,14H,6-9H2,1-3H3. The number of hydrogen-bond donors (Lipinski definition) is 0. The number of carbonyl (C=O) groups is 1. The highest BCUT2D eigenvalue weighted by Gasteiger charge is 2.20. The zero-order chi connectivity index (χ0) is 16.4. The monoisotopic (exact) mass is 330 g/mol. The Balaban J connectivity index is 1.76. The van der Waals surface area contributed by atoms with E-state index in [4.69, 9.17) is 0 Å². The van der Waals surface area contributed by atoms with Gasteiger partial charge in [0, 0.05) is 36.0 Å². The summed E-state index contributed by atoms with van der Waals surface area (Å²) in [6.07, 6.45) is 2.71. The predicted molar refractivity (Wildman–Crippen MR) is 93.3 cm³/mol. The summed E-state index contributed by atoms with van der Waals surface area (Å²) in [5.41, 5.74) is 2.64. The molecule has 1 aliphatic rings. The van der Waals surface area contributed by atoms with E-state index >= 15 is 0 Å². The molecule has 2 aromatic heterocycles. The molecule has 5 nitrogen and oxygen atoms in total. The first kappa shape index (κ1) is 16.1. The summed E-state index contributed by atoms with van der Waals surface area (Å²) in [5, 5.41) is 5.05. The number of nitrogens with zero attached hydrogens (tertiary/aromatic N) is 4. The molecule has 0 saturated carbocycles. The minimum atomic E-state index is 0.0760. The molecule has 1 unspecified atom stereocenters. The van der Waals surface area contributed by atoms with Gasteiger partial charge in [-0.3, -0.25) is 4.79 Å². The number of rotatable bonds is 2. The van der Waals surface area contributed by atoms with E-state index in [1.54, 1.807) is 10.9 Å². The summed E-state index contributed by atoms with van der Waals surface area (Å²) in [5.74, 6) is 1.82. The van der Waals surface area contributed by atoms with Crippen LogP contribution in [-0.4, -0.2) is 49.7 Å². The van der Waals surface area contributed by atoms with Crippen molar-refractivity contribution < 1.29 is 4.79 Å². The first-order valence-electron chi connectivity index (χ1n) is 7.95. The van der Waals surface area contributed by atoms with Crippen LogP contribution in [0.1, 0.15) is 35.1 Å². The normalized spacial score (nSPS) is 18.7. The molecule has 23 heavy (non-hydrogen) atoms. The van der Waals surface area contributed by atoms with Gasteiger partial charge in [0.15, 0.2) is 5.82 Å². The maximum atomic E-state index is 12.6. The third kappa shape index (κ3) is 3.58. The zero-order valence-electron chi connectivity index (χ0n) is 13.8. The smallest absolute Gasteiger partial charge is 0.255 e. The molecule has 0 spiro atoms. The fourth-order valence-corrected chi connectivity index (χ4v) is 3.78. The molecule has 0 aliphatic carbocycles. The van der Waals surface area contributed by atoms with Gasteiger partial charge in [-0.05, 0) is 38.5 Å². The highest BCUT2D eigenvalue weighted by atomic mass is 32.2. The van der Waals surface area contributed by atoms with Crippen molar-refractivity contribution >= 4 is 17.7 Å². The van der Waals surface area contributed by atoms with Gasteiger partial charge in [-0.15, -0.1) is 0 Å². The minimum Gasteiger partial charge on any atom is -0.338 e. The fourth-order valence-electron chi connectivity index (χ4n) is 2.78. The zero-order valence-corrected chi connectivity index (χ0v) is 14.6. The third-order valence-corrected chi connectivity index (χ3v) is 5.30. The molecule has 1 saturated heterocycles. The lowest BCUT2D eigenvalue weighted by Crippen LogP contribution is -2.33. The van der Waals surface area contributed by atoms with Crippen LogP contribution in [0.4, 0.5) is 0 Å².